The molecule has 0 unspecified atom stereocenters. The fraction of sp³-hybridized carbons (Fsp3) is 0.235. The minimum absolute atomic E-state index is 0.0152. The van der Waals surface area contributed by atoms with Crippen LogP contribution in [-0.4, -0.2) is 22.3 Å². The van der Waals surface area contributed by atoms with Crippen molar-refractivity contribution < 1.29 is 9.47 Å². The number of hydrogen-bond acceptors (Lipinski definition) is 3. The lowest BCUT2D eigenvalue weighted by Crippen LogP contribution is -2.38. The van der Waals surface area contributed by atoms with Crippen LogP contribution in [0.2, 0.25) is 5.02 Å². The van der Waals surface area contributed by atoms with E-state index < -0.39 is 5.79 Å². The molecule has 2 aliphatic rings. The molecule has 0 N–H and O–H groups in total. The van der Waals surface area contributed by atoms with E-state index in [0.717, 1.165) is 29.0 Å². The molecule has 5 heteroatoms. The van der Waals surface area contributed by atoms with E-state index in [1.807, 2.05) is 42.5 Å². The molecular weight excluding hydrogens is 300 g/mol. The van der Waals surface area contributed by atoms with Gasteiger partial charge in [-0.2, -0.15) is 0 Å². The van der Waals surface area contributed by atoms with Gasteiger partial charge in [0.25, 0.3) is 5.79 Å². The SMILES string of the molecule is Clc1ccccc1[C@@]12OC[C@@H](Cn3c1nc1ccccc13)O2. The fourth-order valence-corrected chi connectivity index (χ4v) is 3.69. The maximum Gasteiger partial charge on any atom is 0.258 e. The van der Waals surface area contributed by atoms with Crippen LogP contribution < -0.4 is 0 Å². The van der Waals surface area contributed by atoms with Crippen molar-refractivity contribution in [3.63, 3.8) is 0 Å². The van der Waals surface area contributed by atoms with E-state index in [9.17, 15) is 0 Å². The zero-order valence-corrected chi connectivity index (χ0v) is 12.5. The third-order valence-corrected chi connectivity index (χ3v) is 4.70. The molecule has 0 aliphatic carbocycles. The summed E-state index contributed by atoms with van der Waals surface area (Å²) in [6.07, 6.45) is 0.0152. The van der Waals surface area contributed by atoms with E-state index in [-0.39, 0.29) is 6.10 Å². The largest absolute Gasteiger partial charge is 0.337 e. The first-order valence-electron chi connectivity index (χ1n) is 7.30. The Balaban J connectivity index is 1.83. The standard InChI is InChI=1S/C17H13ClN2O2/c18-13-6-2-1-5-12(13)17-16-19-14-7-3-4-8-15(14)20(16)9-11(22-17)10-21-17/h1-8,11H,9-10H2/t11-,17+/m1/s1. The van der Waals surface area contributed by atoms with E-state index in [1.54, 1.807) is 0 Å². The Hall–Kier alpha value is -1.88. The average Bonchev–Trinajstić information content (AvgIpc) is 3.09. The van der Waals surface area contributed by atoms with Crippen LogP contribution in [0, 0.1) is 0 Å². The van der Waals surface area contributed by atoms with Crippen molar-refractivity contribution in [1.29, 1.82) is 0 Å². The molecule has 2 aromatic carbocycles. The minimum Gasteiger partial charge on any atom is -0.337 e. The topological polar surface area (TPSA) is 36.3 Å². The highest BCUT2D eigenvalue weighted by molar-refractivity contribution is 6.31. The number of benzene rings is 2. The summed E-state index contributed by atoms with van der Waals surface area (Å²) in [5.41, 5.74) is 2.87. The molecule has 1 aromatic heterocycles. The lowest BCUT2D eigenvalue weighted by atomic mass is 10.0. The zero-order valence-electron chi connectivity index (χ0n) is 11.7. The Morgan fingerprint density at radius 3 is 2.86 bits per heavy atom. The predicted octanol–water partition coefficient (Wildman–Crippen LogP) is 3.32. The van der Waals surface area contributed by atoms with Crippen molar-refractivity contribution in [1.82, 2.24) is 9.55 Å². The summed E-state index contributed by atoms with van der Waals surface area (Å²) >= 11 is 6.41. The Morgan fingerprint density at radius 1 is 1.14 bits per heavy atom. The predicted molar refractivity (Wildman–Crippen MR) is 82.8 cm³/mol. The van der Waals surface area contributed by atoms with Crippen LogP contribution in [0.5, 0.6) is 0 Å². The Morgan fingerprint density at radius 2 is 1.95 bits per heavy atom. The van der Waals surface area contributed by atoms with Crippen molar-refractivity contribution in [3.05, 3.63) is 64.9 Å². The molecule has 22 heavy (non-hydrogen) atoms. The third kappa shape index (κ3) is 1.52. The Bertz CT molecular complexity index is 891. The fourth-order valence-electron chi connectivity index (χ4n) is 3.43. The molecule has 2 atom stereocenters. The van der Waals surface area contributed by atoms with Crippen LogP contribution in [-0.2, 0) is 21.8 Å². The normalized spacial score (nSPS) is 26.3. The van der Waals surface area contributed by atoms with Gasteiger partial charge in [0.05, 0.1) is 24.2 Å². The molecule has 3 aromatic rings. The molecule has 0 saturated carbocycles. The van der Waals surface area contributed by atoms with Gasteiger partial charge in [-0.25, -0.2) is 4.98 Å². The van der Waals surface area contributed by atoms with Gasteiger partial charge < -0.3 is 14.0 Å². The molecule has 0 spiro atoms. The van der Waals surface area contributed by atoms with Crippen LogP contribution in [0.3, 0.4) is 0 Å². The smallest absolute Gasteiger partial charge is 0.258 e. The number of aromatic nitrogens is 2. The van der Waals surface area contributed by atoms with Gasteiger partial charge in [-0.15, -0.1) is 0 Å². The number of fused-ring (bicyclic) bond motifs is 6. The van der Waals surface area contributed by atoms with Crippen molar-refractivity contribution in [2.45, 2.75) is 18.4 Å². The first-order valence-corrected chi connectivity index (χ1v) is 7.68. The lowest BCUT2D eigenvalue weighted by molar-refractivity contribution is -0.162. The number of ether oxygens (including phenoxy) is 2. The Kier molecular flexibility index (Phi) is 2.48. The molecule has 0 radical (unpaired) electrons. The van der Waals surface area contributed by atoms with E-state index in [0.29, 0.717) is 11.6 Å². The summed E-state index contributed by atoms with van der Waals surface area (Å²) in [6.45, 7) is 1.30. The number of para-hydroxylation sites is 2. The highest BCUT2D eigenvalue weighted by Crippen LogP contribution is 2.46. The van der Waals surface area contributed by atoms with Gasteiger partial charge in [0.15, 0.2) is 5.82 Å². The van der Waals surface area contributed by atoms with E-state index in [2.05, 4.69) is 10.6 Å². The summed E-state index contributed by atoms with van der Waals surface area (Å²) in [6, 6.07) is 15.7. The molecule has 2 aliphatic heterocycles. The summed E-state index contributed by atoms with van der Waals surface area (Å²) in [7, 11) is 0. The van der Waals surface area contributed by atoms with Crippen LogP contribution in [0.25, 0.3) is 11.0 Å². The van der Waals surface area contributed by atoms with E-state index >= 15 is 0 Å². The molecule has 4 nitrogen and oxygen atoms in total. The molecule has 1 fully saturated rings. The van der Waals surface area contributed by atoms with Gasteiger partial charge in [0.2, 0.25) is 0 Å². The van der Waals surface area contributed by atoms with Gasteiger partial charge in [0.1, 0.15) is 6.10 Å². The molecule has 5 rings (SSSR count). The summed E-state index contributed by atoms with van der Waals surface area (Å²) in [5.74, 6) is -0.226. The van der Waals surface area contributed by atoms with E-state index in [4.69, 9.17) is 26.1 Å². The molecule has 1 saturated heterocycles. The quantitative estimate of drug-likeness (QED) is 0.691. The van der Waals surface area contributed by atoms with Gasteiger partial charge in [0, 0.05) is 10.6 Å². The first kappa shape index (κ1) is 12.6. The molecule has 3 heterocycles. The second-order valence-corrected chi connectivity index (χ2v) is 6.09. The second-order valence-electron chi connectivity index (χ2n) is 5.68. The maximum atomic E-state index is 6.41. The van der Waals surface area contributed by atoms with Crippen molar-refractivity contribution in [3.8, 4) is 0 Å². The lowest BCUT2D eigenvalue weighted by Gasteiger charge is -2.32. The zero-order chi connectivity index (χ0) is 14.7. The van der Waals surface area contributed by atoms with Gasteiger partial charge >= 0.3 is 0 Å². The van der Waals surface area contributed by atoms with Crippen molar-refractivity contribution in [2.24, 2.45) is 0 Å². The van der Waals surface area contributed by atoms with Crippen molar-refractivity contribution >= 4 is 22.6 Å². The summed E-state index contributed by atoms with van der Waals surface area (Å²) in [5, 5.41) is 0.628. The number of rotatable bonds is 1. The van der Waals surface area contributed by atoms with Gasteiger partial charge in [-0.3, -0.25) is 0 Å². The minimum atomic E-state index is -1.000. The average molecular weight is 313 g/mol. The second kappa shape index (κ2) is 4.32. The highest BCUT2D eigenvalue weighted by atomic mass is 35.5. The molecule has 2 bridgehead atoms. The number of hydrogen-bond donors (Lipinski definition) is 0. The molecule has 0 amide bonds. The summed E-state index contributed by atoms with van der Waals surface area (Å²) in [4.78, 5) is 4.78. The van der Waals surface area contributed by atoms with Crippen LogP contribution in [0.15, 0.2) is 48.5 Å². The van der Waals surface area contributed by atoms with Crippen LogP contribution in [0.1, 0.15) is 11.4 Å². The van der Waals surface area contributed by atoms with Gasteiger partial charge in [-0.1, -0.05) is 41.9 Å². The number of nitrogens with zero attached hydrogens (tertiary/aromatic N) is 2. The highest BCUT2D eigenvalue weighted by Gasteiger charge is 2.53. The number of halogens is 1. The monoisotopic (exact) mass is 312 g/mol. The van der Waals surface area contributed by atoms with E-state index in [1.165, 1.54) is 0 Å². The first-order chi connectivity index (χ1) is 10.8. The van der Waals surface area contributed by atoms with Crippen molar-refractivity contribution in [2.75, 3.05) is 6.61 Å². The molecular formula is C17H13ClN2O2. The molecule has 110 valence electrons. The maximum absolute atomic E-state index is 6.41. The van der Waals surface area contributed by atoms with Gasteiger partial charge in [-0.05, 0) is 18.2 Å². The summed E-state index contributed by atoms with van der Waals surface area (Å²) < 4.78 is 14.5. The van der Waals surface area contributed by atoms with Crippen LogP contribution >= 0.6 is 11.6 Å². The number of imidazole rings is 1. The Labute approximate surface area is 132 Å². The third-order valence-electron chi connectivity index (χ3n) is 4.37. The van der Waals surface area contributed by atoms with Crippen LogP contribution in [0.4, 0.5) is 0 Å².